The fourth-order valence-electron chi connectivity index (χ4n) is 2.55. The lowest BCUT2D eigenvalue weighted by Crippen LogP contribution is -2.53. The first-order valence-electron chi connectivity index (χ1n) is 7.92. The van der Waals surface area contributed by atoms with Gasteiger partial charge in [0.2, 0.25) is 0 Å². The van der Waals surface area contributed by atoms with E-state index >= 15 is 0 Å². The summed E-state index contributed by atoms with van der Waals surface area (Å²) in [6, 6.07) is 7.11. The number of aromatic carboxylic acids is 1. The Morgan fingerprint density at radius 1 is 1.32 bits per heavy atom. The molecule has 1 aliphatic rings. The number of rotatable bonds is 5. The zero-order chi connectivity index (χ0) is 20.4. The predicted octanol–water partition coefficient (Wildman–Crippen LogP) is 1.78. The summed E-state index contributed by atoms with van der Waals surface area (Å²) in [4.78, 5) is 36.9. The van der Waals surface area contributed by atoms with Crippen molar-refractivity contribution in [1.29, 1.82) is 0 Å². The topological polar surface area (TPSA) is 103 Å². The molecule has 1 aromatic carbocycles. The molecule has 3 rings (SSSR count). The molecule has 1 fully saturated rings. The van der Waals surface area contributed by atoms with Crippen molar-refractivity contribution in [3.8, 4) is 11.3 Å². The lowest BCUT2D eigenvalue weighted by molar-refractivity contribution is -0.255. The lowest BCUT2D eigenvalue weighted by Gasteiger charge is -2.27. The zero-order valence-electron chi connectivity index (χ0n) is 14.2. The molecular formula is C19H12ClN2O5S-. The van der Waals surface area contributed by atoms with Crippen LogP contribution in [0.1, 0.15) is 16.1 Å². The first-order chi connectivity index (χ1) is 13.3. The third-order valence-corrected chi connectivity index (χ3v) is 4.53. The molecule has 7 nitrogen and oxygen atoms in total. The van der Waals surface area contributed by atoms with Gasteiger partial charge in [0.1, 0.15) is 17.1 Å². The van der Waals surface area contributed by atoms with Crippen LogP contribution < -0.4 is 10.4 Å². The van der Waals surface area contributed by atoms with E-state index in [1.54, 1.807) is 6.07 Å². The number of amides is 2. The number of halogens is 1. The van der Waals surface area contributed by atoms with Gasteiger partial charge < -0.3 is 14.3 Å². The van der Waals surface area contributed by atoms with E-state index in [1.807, 2.05) is 0 Å². The summed E-state index contributed by atoms with van der Waals surface area (Å²) in [6.45, 7) is 3.70. The summed E-state index contributed by atoms with van der Waals surface area (Å²) < 4.78 is 5.63. The maximum absolute atomic E-state index is 12.5. The van der Waals surface area contributed by atoms with Gasteiger partial charge in [-0.3, -0.25) is 19.8 Å². The summed E-state index contributed by atoms with van der Waals surface area (Å²) in [5, 5.41) is 13.7. The van der Waals surface area contributed by atoms with Gasteiger partial charge in [0.25, 0.3) is 11.8 Å². The van der Waals surface area contributed by atoms with Gasteiger partial charge in [0, 0.05) is 12.1 Å². The molecule has 2 amide bonds. The van der Waals surface area contributed by atoms with Crippen molar-refractivity contribution in [3.05, 3.63) is 64.9 Å². The Morgan fingerprint density at radius 3 is 2.75 bits per heavy atom. The third kappa shape index (κ3) is 3.73. The summed E-state index contributed by atoms with van der Waals surface area (Å²) in [7, 11) is 0. The third-order valence-electron chi connectivity index (χ3n) is 3.88. The van der Waals surface area contributed by atoms with E-state index in [1.165, 1.54) is 41.3 Å². The predicted molar refractivity (Wildman–Crippen MR) is 104 cm³/mol. The van der Waals surface area contributed by atoms with Crippen molar-refractivity contribution in [2.45, 2.75) is 0 Å². The molecule has 1 aromatic heterocycles. The first kappa shape index (κ1) is 19.5. The van der Waals surface area contributed by atoms with Gasteiger partial charge in [0.05, 0.1) is 11.0 Å². The number of carbonyl (C=O) groups is 3. The Kier molecular flexibility index (Phi) is 5.43. The molecule has 0 atom stereocenters. The largest absolute Gasteiger partial charge is 0.545 e. The standard InChI is InChI=1S/C19H13ClN2O5S/c1-2-7-22-17(24)13(16(23)21-19(22)28)9-11-4-6-15(27-11)12-8-10(18(25)26)3-5-14(12)20/h2-6,8-9H,1,7H2,(H,25,26)(H,21,23,28)/p-1/b13-9+. The maximum atomic E-state index is 12.5. The van der Waals surface area contributed by atoms with Crippen LogP contribution in [0.5, 0.6) is 0 Å². The minimum absolute atomic E-state index is 0.00180. The summed E-state index contributed by atoms with van der Waals surface area (Å²) in [6.07, 6.45) is 2.76. The smallest absolute Gasteiger partial charge is 0.266 e. The molecule has 142 valence electrons. The molecule has 2 aromatic rings. The molecule has 9 heteroatoms. The lowest BCUT2D eigenvalue weighted by atomic mass is 10.1. The molecule has 0 unspecified atom stereocenters. The van der Waals surface area contributed by atoms with E-state index in [9.17, 15) is 19.5 Å². The summed E-state index contributed by atoms with van der Waals surface area (Å²) in [5.41, 5.74) is 0.110. The Morgan fingerprint density at radius 2 is 2.07 bits per heavy atom. The highest BCUT2D eigenvalue weighted by Crippen LogP contribution is 2.31. The van der Waals surface area contributed by atoms with Crippen LogP contribution in [-0.2, 0) is 9.59 Å². The van der Waals surface area contributed by atoms with Gasteiger partial charge in [-0.25, -0.2) is 0 Å². The van der Waals surface area contributed by atoms with Gasteiger partial charge in [-0.05, 0) is 48.1 Å². The molecule has 0 radical (unpaired) electrons. The quantitative estimate of drug-likeness (QED) is 0.345. The van der Waals surface area contributed by atoms with Crippen LogP contribution in [0.2, 0.25) is 5.02 Å². The van der Waals surface area contributed by atoms with E-state index in [0.717, 1.165) is 0 Å². The highest BCUT2D eigenvalue weighted by Gasteiger charge is 2.32. The average molecular weight is 416 g/mol. The minimum Gasteiger partial charge on any atom is -0.545 e. The van der Waals surface area contributed by atoms with Crippen LogP contribution in [0, 0.1) is 0 Å². The Labute approximate surface area is 169 Å². The number of nitrogens with zero attached hydrogens (tertiary/aromatic N) is 1. The number of nitrogens with one attached hydrogen (secondary N) is 1. The van der Waals surface area contributed by atoms with E-state index in [-0.39, 0.29) is 39.3 Å². The fourth-order valence-corrected chi connectivity index (χ4v) is 3.01. The minimum atomic E-state index is -1.35. The molecule has 0 spiro atoms. The second-order valence-electron chi connectivity index (χ2n) is 5.71. The normalized spacial score (nSPS) is 15.7. The number of carboxylic acid groups (broad SMARTS) is 1. The van der Waals surface area contributed by atoms with Gasteiger partial charge in [-0.2, -0.15) is 0 Å². The second kappa shape index (κ2) is 7.79. The molecule has 28 heavy (non-hydrogen) atoms. The highest BCUT2D eigenvalue weighted by atomic mass is 35.5. The SMILES string of the molecule is C=CCN1C(=O)/C(=C/c2ccc(-c3cc(C(=O)[O-])ccc3Cl)o2)C(=O)NC1=S. The highest BCUT2D eigenvalue weighted by molar-refractivity contribution is 7.80. The number of carbonyl (C=O) groups excluding carboxylic acids is 3. The van der Waals surface area contributed by atoms with Crippen LogP contribution in [0.3, 0.4) is 0 Å². The van der Waals surface area contributed by atoms with Gasteiger partial charge in [0.15, 0.2) is 5.11 Å². The van der Waals surface area contributed by atoms with Gasteiger partial charge in [-0.1, -0.05) is 23.7 Å². The van der Waals surface area contributed by atoms with Crippen molar-refractivity contribution in [1.82, 2.24) is 10.2 Å². The van der Waals surface area contributed by atoms with Crippen molar-refractivity contribution >= 4 is 52.8 Å². The number of hydrogen-bond acceptors (Lipinski definition) is 6. The molecular weight excluding hydrogens is 404 g/mol. The molecule has 2 heterocycles. The molecule has 0 saturated carbocycles. The van der Waals surface area contributed by atoms with Gasteiger partial charge in [-0.15, -0.1) is 6.58 Å². The maximum Gasteiger partial charge on any atom is 0.266 e. The van der Waals surface area contributed by atoms with Crippen LogP contribution >= 0.6 is 23.8 Å². The van der Waals surface area contributed by atoms with Crippen molar-refractivity contribution in [3.63, 3.8) is 0 Å². The molecule has 1 N–H and O–H groups in total. The van der Waals surface area contributed by atoms with Crippen LogP contribution in [0.25, 0.3) is 17.4 Å². The van der Waals surface area contributed by atoms with Crippen molar-refractivity contribution in [2.24, 2.45) is 0 Å². The van der Waals surface area contributed by atoms with Crippen LogP contribution in [0.4, 0.5) is 0 Å². The van der Waals surface area contributed by atoms with Gasteiger partial charge >= 0.3 is 0 Å². The molecule has 1 saturated heterocycles. The summed E-state index contributed by atoms with van der Waals surface area (Å²) in [5.74, 6) is -2.11. The number of thiocarbonyl (C=S) groups is 1. The number of carboxylic acids is 1. The van der Waals surface area contributed by atoms with Crippen LogP contribution in [0.15, 0.2) is 53.0 Å². The zero-order valence-corrected chi connectivity index (χ0v) is 15.8. The van der Waals surface area contributed by atoms with E-state index in [0.29, 0.717) is 5.56 Å². The number of benzene rings is 1. The van der Waals surface area contributed by atoms with E-state index in [2.05, 4.69) is 11.9 Å². The Balaban J connectivity index is 1.96. The van der Waals surface area contributed by atoms with Crippen molar-refractivity contribution < 1.29 is 23.9 Å². The second-order valence-corrected chi connectivity index (χ2v) is 6.50. The monoisotopic (exact) mass is 415 g/mol. The first-order valence-corrected chi connectivity index (χ1v) is 8.71. The number of hydrogen-bond donors (Lipinski definition) is 1. The molecule has 0 bridgehead atoms. The summed E-state index contributed by atoms with van der Waals surface area (Å²) >= 11 is 11.1. The molecule has 1 aliphatic heterocycles. The van der Waals surface area contributed by atoms with Crippen LogP contribution in [-0.4, -0.2) is 34.3 Å². The Hall–Kier alpha value is -3.23. The number of furan rings is 1. The fraction of sp³-hybridized carbons (Fsp3) is 0.0526. The van der Waals surface area contributed by atoms with E-state index in [4.69, 9.17) is 28.2 Å². The molecule has 0 aliphatic carbocycles. The van der Waals surface area contributed by atoms with Crippen molar-refractivity contribution in [2.75, 3.05) is 6.54 Å². The Bertz CT molecular complexity index is 1060. The average Bonchev–Trinajstić information content (AvgIpc) is 3.11. The van der Waals surface area contributed by atoms with E-state index < -0.39 is 17.8 Å².